The summed E-state index contributed by atoms with van der Waals surface area (Å²) < 4.78 is 32.5. The SMILES string of the molecule is CCOC(=O)c1ccccc1NC(=O)c1ccnc(Nc2c(F)cccc2F)n1. The summed E-state index contributed by atoms with van der Waals surface area (Å²) in [7, 11) is 0. The van der Waals surface area contributed by atoms with Crippen LogP contribution in [0.2, 0.25) is 0 Å². The molecule has 1 amide bonds. The first-order valence-electron chi connectivity index (χ1n) is 8.61. The highest BCUT2D eigenvalue weighted by atomic mass is 19.1. The first-order valence-corrected chi connectivity index (χ1v) is 8.61. The van der Waals surface area contributed by atoms with Crippen molar-refractivity contribution in [3.05, 3.63) is 77.6 Å². The van der Waals surface area contributed by atoms with Crippen LogP contribution < -0.4 is 10.6 Å². The Morgan fingerprint density at radius 3 is 2.48 bits per heavy atom. The first kappa shape index (κ1) is 19.9. The van der Waals surface area contributed by atoms with E-state index in [1.165, 1.54) is 24.4 Å². The van der Waals surface area contributed by atoms with Crippen molar-refractivity contribution in [3.8, 4) is 0 Å². The predicted octanol–water partition coefficient (Wildman–Crippen LogP) is 3.93. The zero-order chi connectivity index (χ0) is 20.8. The average Bonchev–Trinajstić information content (AvgIpc) is 2.71. The minimum absolute atomic E-state index is 0.0714. The number of rotatable bonds is 6. The number of amides is 1. The number of esters is 1. The van der Waals surface area contributed by atoms with E-state index in [4.69, 9.17) is 4.74 Å². The molecule has 0 fully saturated rings. The Kier molecular flexibility index (Phi) is 6.08. The maximum Gasteiger partial charge on any atom is 0.340 e. The minimum atomic E-state index is -0.827. The van der Waals surface area contributed by atoms with Crippen molar-refractivity contribution in [2.24, 2.45) is 0 Å². The van der Waals surface area contributed by atoms with Gasteiger partial charge in [0.25, 0.3) is 5.91 Å². The molecule has 3 rings (SSSR count). The van der Waals surface area contributed by atoms with E-state index in [1.807, 2.05) is 0 Å². The molecule has 0 bridgehead atoms. The van der Waals surface area contributed by atoms with Crippen LogP contribution in [0.15, 0.2) is 54.7 Å². The number of hydrogen-bond acceptors (Lipinski definition) is 6. The molecule has 0 spiro atoms. The first-order chi connectivity index (χ1) is 14.0. The molecule has 0 atom stereocenters. The second-order valence-electron chi connectivity index (χ2n) is 5.71. The van der Waals surface area contributed by atoms with Gasteiger partial charge in [-0.1, -0.05) is 18.2 Å². The average molecular weight is 398 g/mol. The van der Waals surface area contributed by atoms with Crippen LogP contribution in [0.5, 0.6) is 0 Å². The van der Waals surface area contributed by atoms with Crippen molar-refractivity contribution in [3.63, 3.8) is 0 Å². The van der Waals surface area contributed by atoms with Crippen LogP contribution in [0.25, 0.3) is 0 Å². The highest BCUT2D eigenvalue weighted by molar-refractivity contribution is 6.07. The molecule has 3 aromatic rings. The smallest absolute Gasteiger partial charge is 0.340 e. The molecule has 0 aliphatic carbocycles. The summed E-state index contributed by atoms with van der Waals surface area (Å²) in [4.78, 5) is 32.4. The third-order valence-electron chi connectivity index (χ3n) is 3.76. The molecule has 1 heterocycles. The minimum Gasteiger partial charge on any atom is -0.462 e. The number of carbonyl (C=O) groups excluding carboxylic acids is 2. The van der Waals surface area contributed by atoms with Gasteiger partial charge in [-0.15, -0.1) is 0 Å². The fourth-order valence-electron chi connectivity index (χ4n) is 2.44. The Labute approximate surface area is 164 Å². The Morgan fingerprint density at radius 2 is 1.76 bits per heavy atom. The van der Waals surface area contributed by atoms with Crippen LogP contribution in [0.3, 0.4) is 0 Å². The summed E-state index contributed by atoms with van der Waals surface area (Å²) in [5.41, 5.74) is -0.0802. The van der Waals surface area contributed by atoms with Crippen LogP contribution >= 0.6 is 0 Å². The lowest BCUT2D eigenvalue weighted by Crippen LogP contribution is -2.17. The Balaban J connectivity index is 1.81. The van der Waals surface area contributed by atoms with E-state index in [0.29, 0.717) is 0 Å². The van der Waals surface area contributed by atoms with E-state index < -0.39 is 29.2 Å². The third kappa shape index (κ3) is 4.70. The van der Waals surface area contributed by atoms with Crippen LogP contribution in [0.1, 0.15) is 27.8 Å². The van der Waals surface area contributed by atoms with E-state index in [9.17, 15) is 18.4 Å². The highest BCUT2D eigenvalue weighted by Gasteiger charge is 2.17. The fourth-order valence-corrected chi connectivity index (χ4v) is 2.44. The lowest BCUT2D eigenvalue weighted by atomic mass is 10.1. The number of benzene rings is 2. The normalized spacial score (nSPS) is 10.3. The molecule has 0 radical (unpaired) electrons. The second kappa shape index (κ2) is 8.87. The summed E-state index contributed by atoms with van der Waals surface area (Å²) in [6.45, 7) is 1.86. The monoisotopic (exact) mass is 398 g/mol. The summed E-state index contributed by atoms with van der Waals surface area (Å²) in [5.74, 6) is -3.04. The van der Waals surface area contributed by atoms with E-state index in [1.54, 1.807) is 25.1 Å². The molecule has 0 unspecified atom stereocenters. The van der Waals surface area contributed by atoms with Gasteiger partial charge >= 0.3 is 5.97 Å². The van der Waals surface area contributed by atoms with E-state index in [2.05, 4.69) is 20.6 Å². The zero-order valence-electron chi connectivity index (χ0n) is 15.3. The molecule has 1 aromatic heterocycles. The topological polar surface area (TPSA) is 93.2 Å². The van der Waals surface area contributed by atoms with Gasteiger partial charge in [0.1, 0.15) is 23.0 Å². The van der Waals surface area contributed by atoms with Gasteiger partial charge < -0.3 is 15.4 Å². The maximum atomic E-state index is 13.8. The summed E-state index contributed by atoms with van der Waals surface area (Å²) in [6, 6.07) is 11.0. The molecule has 0 aliphatic rings. The zero-order valence-corrected chi connectivity index (χ0v) is 15.3. The number of nitrogens with zero attached hydrogens (tertiary/aromatic N) is 2. The summed E-state index contributed by atoms with van der Waals surface area (Å²) in [6.07, 6.45) is 1.26. The van der Waals surface area contributed by atoms with Gasteiger partial charge in [0, 0.05) is 6.20 Å². The predicted molar refractivity (Wildman–Crippen MR) is 102 cm³/mol. The lowest BCUT2D eigenvalue weighted by molar-refractivity contribution is 0.0527. The van der Waals surface area contributed by atoms with Gasteiger partial charge in [-0.25, -0.2) is 23.5 Å². The van der Waals surface area contributed by atoms with Crippen molar-refractivity contribution in [1.29, 1.82) is 0 Å². The van der Waals surface area contributed by atoms with Crippen molar-refractivity contribution < 1.29 is 23.1 Å². The Morgan fingerprint density at radius 1 is 1.03 bits per heavy atom. The summed E-state index contributed by atoms with van der Waals surface area (Å²) >= 11 is 0. The second-order valence-corrected chi connectivity index (χ2v) is 5.71. The maximum absolute atomic E-state index is 13.8. The third-order valence-corrected chi connectivity index (χ3v) is 3.76. The number of hydrogen-bond donors (Lipinski definition) is 2. The Hall–Kier alpha value is -3.88. The van der Waals surface area contributed by atoms with Gasteiger partial charge in [0.15, 0.2) is 0 Å². The van der Waals surface area contributed by atoms with Crippen LogP contribution in [-0.4, -0.2) is 28.5 Å². The van der Waals surface area contributed by atoms with Gasteiger partial charge in [-0.05, 0) is 37.3 Å². The molecule has 2 N–H and O–H groups in total. The van der Waals surface area contributed by atoms with Gasteiger partial charge in [-0.3, -0.25) is 4.79 Å². The number of nitrogens with one attached hydrogen (secondary N) is 2. The number of halogens is 2. The standard InChI is InChI=1S/C20H16F2N4O3/c1-2-29-19(28)12-6-3-4-9-15(12)24-18(27)16-10-11-23-20(25-16)26-17-13(21)7-5-8-14(17)22/h3-11H,2H2,1H3,(H,24,27)(H,23,25,26). The van der Waals surface area contributed by atoms with Crippen molar-refractivity contribution in [1.82, 2.24) is 9.97 Å². The number of para-hydroxylation sites is 2. The molecule has 9 heteroatoms. The molecule has 7 nitrogen and oxygen atoms in total. The lowest BCUT2D eigenvalue weighted by Gasteiger charge is -2.11. The van der Waals surface area contributed by atoms with Crippen LogP contribution in [0.4, 0.5) is 26.1 Å². The number of anilines is 3. The number of ether oxygens (including phenoxy) is 1. The van der Waals surface area contributed by atoms with E-state index >= 15 is 0 Å². The molecular weight excluding hydrogens is 382 g/mol. The van der Waals surface area contributed by atoms with Crippen LogP contribution in [0, 0.1) is 11.6 Å². The molecule has 148 valence electrons. The number of carbonyl (C=O) groups is 2. The molecule has 29 heavy (non-hydrogen) atoms. The molecular formula is C20H16F2N4O3. The van der Waals surface area contributed by atoms with Gasteiger partial charge in [0.2, 0.25) is 5.95 Å². The number of aromatic nitrogens is 2. The Bertz CT molecular complexity index is 1040. The van der Waals surface area contributed by atoms with Crippen molar-refractivity contribution in [2.45, 2.75) is 6.92 Å². The highest BCUT2D eigenvalue weighted by Crippen LogP contribution is 2.21. The van der Waals surface area contributed by atoms with Gasteiger partial charge in [0.05, 0.1) is 17.9 Å². The molecule has 0 saturated carbocycles. The van der Waals surface area contributed by atoms with Gasteiger partial charge in [-0.2, -0.15) is 0 Å². The quantitative estimate of drug-likeness (QED) is 0.611. The van der Waals surface area contributed by atoms with Crippen LogP contribution in [-0.2, 0) is 4.74 Å². The van der Waals surface area contributed by atoms with E-state index in [-0.39, 0.29) is 29.5 Å². The van der Waals surface area contributed by atoms with E-state index in [0.717, 1.165) is 12.1 Å². The summed E-state index contributed by atoms with van der Waals surface area (Å²) in [5, 5.41) is 4.99. The van der Waals surface area contributed by atoms with Crippen molar-refractivity contribution >= 4 is 29.2 Å². The molecule has 2 aromatic carbocycles. The largest absolute Gasteiger partial charge is 0.462 e. The van der Waals surface area contributed by atoms with Crippen molar-refractivity contribution in [2.75, 3.05) is 17.2 Å². The molecule has 0 saturated heterocycles. The molecule has 0 aliphatic heterocycles. The fraction of sp³-hybridized carbons (Fsp3) is 0.100.